The van der Waals surface area contributed by atoms with Crippen molar-refractivity contribution in [3.05, 3.63) is 51.8 Å². The summed E-state index contributed by atoms with van der Waals surface area (Å²) in [5.41, 5.74) is 1.48. The van der Waals surface area contributed by atoms with E-state index >= 15 is 0 Å². The fourth-order valence-corrected chi connectivity index (χ4v) is 4.73. The van der Waals surface area contributed by atoms with Gasteiger partial charge in [-0.3, -0.25) is 0 Å². The van der Waals surface area contributed by atoms with Gasteiger partial charge in [-0.05, 0) is 65.3 Å². The molecule has 4 rings (SSSR count). The normalized spacial score (nSPS) is 17.6. The highest BCUT2D eigenvalue weighted by Gasteiger charge is 2.38. The predicted octanol–water partition coefficient (Wildman–Crippen LogP) is 5.06. The van der Waals surface area contributed by atoms with E-state index in [0.29, 0.717) is 30.0 Å². The van der Waals surface area contributed by atoms with Crippen molar-refractivity contribution in [2.45, 2.75) is 65.2 Å². The van der Waals surface area contributed by atoms with Crippen molar-refractivity contribution in [3.63, 3.8) is 0 Å². The van der Waals surface area contributed by atoms with Gasteiger partial charge in [0, 0.05) is 22.7 Å². The van der Waals surface area contributed by atoms with Crippen LogP contribution in [0.25, 0.3) is 5.65 Å². The summed E-state index contributed by atoms with van der Waals surface area (Å²) in [7, 11) is 0. The number of aromatic nitrogens is 3. The number of anilines is 1. The van der Waals surface area contributed by atoms with Crippen LogP contribution in [-0.4, -0.2) is 51.0 Å². The molecule has 2 atom stereocenters. The number of hydrogen-bond acceptors (Lipinski definition) is 8. The van der Waals surface area contributed by atoms with E-state index in [0.717, 1.165) is 21.3 Å². The molecule has 198 valence electrons. The van der Waals surface area contributed by atoms with E-state index in [2.05, 4.69) is 36.6 Å². The number of ether oxygens (including phenoxy) is 3. The van der Waals surface area contributed by atoms with E-state index in [4.69, 9.17) is 14.2 Å². The molecule has 3 heterocycles. The zero-order valence-corrected chi connectivity index (χ0v) is 23.4. The Balaban J connectivity index is 1.52. The lowest BCUT2D eigenvalue weighted by Crippen LogP contribution is -2.45. The first-order valence-electron chi connectivity index (χ1n) is 12.1. The van der Waals surface area contributed by atoms with Gasteiger partial charge in [-0.15, -0.1) is 0 Å². The van der Waals surface area contributed by atoms with Crippen molar-refractivity contribution in [1.29, 1.82) is 0 Å². The van der Waals surface area contributed by atoms with Crippen LogP contribution in [0.4, 0.5) is 10.6 Å². The molecule has 1 aliphatic rings. The van der Waals surface area contributed by atoms with Crippen molar-refractivity contribution in [1.82, 2.24) is 19.9 Å². The predicted molar refractivity (Wildman–Crippen MR) is 142 cm³/mol. The molecule has 1 amide bonds. The van der Waals surface area contributed by atoms with Crippen LogP contribution in [0, 0.1) is 0 Å². The maximum absolute atomic E-state index is 12.3. The molecule has 10 nitrogen and oxygen atoms in total. The number of alkyl carbamates (subject to hydrolysis) is 1. The first-order valence-corrected chi connectivity index (χ1v) is 12.9. The second-order valence-corrected chi connectivity index (χ2v) is 11.2. The number of benzene rings is 1. The van der Waals surface area contributed by atoms with Gasteiger partial charge in [-0.1, -0.05) is 15.9 Å². The molecule has 0 bridgehead atoms. The van der Waals surface area contributed by atoms with Crippen molar-refractivity contribution in [2.75, 3.05) is 18.5 Å². The highest BCUT2D eigenvalue weighted by Crippen LogP contribution is 2.42. The first-order chi connectivity index (χ1) is 17.4. The van der Waals surface area contributed by atoms with Gasteiger partial charge in [0.2, 0.25) is 0 Å². The van der Waals surface area contributed by atoms with Gasteiger partial charge in [0.1, 0.15) is 28.3 Å². The summed E-state index contributed by atoms with van der Waals surface area (Å²) in [6, 6.07) is 5.65. The summed E-state index contributed by atoms with van der Waals surface area (Å²) >= 11 is 3.62. The van der Waals surface area contributed by atoms with Gasteiger partial charge < -0.3 is 24.8 Å². The molecule has 0 radical (unpaired) electrons. The third kappa shape index (κ3) is 6.15. The third-order valence-electron chi connectivity index (χ3n) is 5.77. The Bertz CT molecular complexity index is 1330. The molecular weight excluding hydrogens is 542 g/mol. The molecule has 2 aromatic heterocycles. The number of rotatable bonds is 7. The SMILES string of the molecule is CCOC(=O)c1cnn2ccc(NC(C)c3cc(Br)cc4c3OC(C)(CNC(=O)OC(C)(C)C)C4)nc12. The van der Waals surface area contributed by atoms with E-state index in [1.54, 1.807) is 19.2 Å². The van der Waals surface area contributed by atoms with Crippen LogP contribution in [0.1, 0.15) is 69.1 Å². The molecule has 11 heteroatoms. The van der Waals surface area contributed by atoms with Crippen LogP contribution in [0.5, 0.6) is 5.75 Å². The Hall–Kier alpha value is -3.34. The molecule has 0 saturated carbocycles. The highest BCUT2D eigenvalue weighted by molar-refractivity contribution is 9.10. The monoisotopic (exact) mass is 573 g/mol. The number of fused-ring (bicyclic) bond motifs is 2. The number of esters is 1. The number of nitrogens with one attached hydrogen (secondary N) is 2. The van der Waals surface area contributed by atoms with Gasteiger partial charge in [-0.2, -0.15) is 5.10 Å². The second-order valence-electron chi connectivity index (χ2n) is 10.3. The summed E-state index contributed by atoms with van der Waals surface area (Å²) < 4.78 is 19.4. The first kappa shape index (κ1) is 26.7. The molecule has 1 aliphatic heterocycles. The standard InChI is InChI=1S/C26H32BrN5O5/c1-7-35-23(33)19-13-29-32-9-8-20(31-22(19)32)30-15(2)18-11-17(27)10-16-12-26(6,36-21(16)18)14-28-24(34)37-25(3,4)5/h8-11,13,15H,7,12,14H2,1-6H3,(H,28,34)(H,30,31). The Morgan fingerprint density at radius 3 is 2.78 bits per heavy atom. The molecule has 0 saturated heterocycles. The quantitative estimate of drug-likeness (QED) is 0.377. The molecule has 2 unspecified atom stereocenters. The smallest absolute Gasteiger partial charge is 0.407 e. The van der Waals surface area contributed by atoms with Crippen LogP contribution in [0.15, 0.2) is 35.1 Å². The van der Waals surface area contributed by atoms with E-state index < -0.39 is 23.3 Å². The Labute approximate surface area is 224 Å². The van der Waals surface area contributed by atoms with Gasteiger partial charge in [0.25, 0.3) is 0 Å². The third-order valence-corrected chi connectivity index (χ3v) is 6.23. The van der Waals surface area contributed by atoms with Crippen molar-refractivity contribution in [3.8, 4) is 5.75 Å². The summed E-state index contributed by atoms with van der Waals surface area (Å²) in [5.74, 6) is 0.883. The van der Waals surface area contributed by atoms with E-state index in [1.165, 1.54) is 10.7 Å². The lowest BCUT2D eigenvalue weighted by atomic mass is 9.97. The van der Waals surface area contributed by atoms with Gasteiger partial charge in [-0.25, -0.2) is 19.1 Å². The minimum atomic E-state index is -0.627. The Morgan fingerprint density at radius 2 is 2.08 bits per heavy atom. The summed E-state index contributed by atoms with van der Waals surface area (Å²) in [6.45, 7) is 11.8. The molecule has 1 aromatic carbocycles. The summed E-state index contributed by atoms with van der Waals surface area (Å²) in [6.07, 6.45) is 3.34. The maximum atomic E-state index is 12.3. The Kier molecular flexibility index (Phi) is 7.36. The highest BCUT2D eigenvalue weighted by atomic mass is 79.9. The van der Waals surface area contributed by atoms with Crippen molar-refractivity contribution >= 4 is 39.5 Å². The second kappa shape index (κ2) is 10.2. The zero-order chi connectivity index (χ0) is 27.0. The van der Waals surface area contributed by atoms with E-state index in [9.17, 15) is 9.59 Å². The van der Waals surface area contributed by atoms with Crippen LogP contribution in [0.3, 0.4) is 0 Å². The van der Waals surface area contributed by atoms with E-state index in [-0.39, 0.29) is 12.6 Å². The molecule has 0 fully saturated rings. The minimum absolute atomic E-state index is 0.184. The Morgan fingerprint density at radius 1 is 1.32 bits per heavy atom. The molecule has 37 heavy (non-hydrogen) atoms. The number of halogens is 1. The average Bonchev–Trinajstić information content (AvgIpc) is 3.36. The van der Waals surface area contributed by atoms with Gasteiger partial charge in [0.15, 0.2) is 5.65 Å². The zero-order valence-electron chi connectivity index (χ0n) is 21.8. The molecular formula is C26H32BrN5O5. The lowest BCUT2D eigenvalue weighted by Gasteiger charge is -2.27. The van der Waals surface area contributed by atoms with Crippen LogP contribution >= 0.6 is 15.9 Å². The van der Waals surface area contributed by atoms with Crippen LogP contribution in [0.2, 0.25) is 0 Å². The lowest BCUT2D eigenvalue weighted by molar-refractivity contribution is 0.0447. The minimum Gasteiger partial charge on any atom is -0.485 e. The van der Waals surface area contributed by atoms with Gasteiger partial charge in [0.05, 0.1) is 25.4 Å². The maximum Gasteiger partial charge on any atom is 0.407 e. The molecule has 0 spiro atoms. The molecule has 3 aromatic rings. The van der Waals surface area contributed by atoms with Crippen molar-refractivity contribution in [2.24, 2.45) is 0 Å². The largest absolute Gasteiger partial charge is 0.485 e. The van der Waals surface area contributed by atoms with Gasteiger partial charge >= 0.3 is 12.1 Å². The summed E-state index contributed by atoms with van der Waals surface area (Å²) in [5, 5.41) is 10.4. The van der Waals surface area contributed by atoms with Crippen LogP contribution in [-0.2, 0) is 15.9 Å². The van der Waals surface area contributed by atoms with Crippen LogP contribution < -0.4 is 15.4 Å². The van der Waals surface area contributed by atoms with E-state index in [1.807, 2.05) is 46.8 Å². The fraction of sp³-hybridized carbons (Fsp3) is 0.462. The summed E-state index contributed by atoms with van der Waals surface area (Å²) in [4.78, 5) is 29.1. The fourth-order valence-electron chi connectivity index (χ4n) is 4.21. The number of hydrogen-bond donors (Lipinski definition) is 2. The molecule has 2 N–H and O–H groups in total. The van der Waals surface area contributed by atoms with Crippen molar-refractivity contribution < 1.29 is 23.8 Å². The average molecular weight is 574 g/mol. The number of carbonyl (C=O) groups is 2. The molecule has 0 aliphatic carbocycles. The number of nitrogens with zero attached hydrogens (tertiary/aromatic N) is 3. The number of carbonyl (C=O) groups excluding carboxylic acids is 2. The topological polar surface area (TPSA) is 116 Å². The number of amides is 1.